The molecule has 8 heteroatoms. The van der Waals surface area contributed by atoms with Gasteiger partial charge in [0.1, 0.15) is 6.10 Å². The van der Waals surface area contributed by atoms with Gasteiger partial charge >= 0.3 is 0 Å². The summed E-state index contributed by atoms with van der Waals surface area (Å²) in [5.41, 5.74) is 1.36. The Morgan fingerprint density at radius 2 is 1.96 bits per heavy atom. The molecular formula is C17H16ClF2N3O2. The molecule has 1 atom stereocenters. The van der Waals surface area contributed by atoms with Crippen LogP contribution < -0.4 is 0 Å². The van der Waals surface area contributed by atoms with Gasteiger partial charge in [-0.1, -0.05) is 11.6 Å². The van der Waals surface area contributed by atoms with Crippen LogP contribution in [-0.2, 0) is 13.1 Å². The molecule has 1 amide bonds. The van der Waals surface area contributed by atoms with Crippen molar-refractivity contribution in [1.82, 2.24) is 14.7 Å². The number of hydrogen-bond donors (Lipinski definition) is 1. The highest BCUT2D eigenvalue weighted by atomic mass is 35.5. The van der Waals surface area contributed by atoms with E-state index in [2.05, 4.69) is 5.10 Å². The number of nitrogens with zero attached hydrogens (tertiary/aromatic N) is 3. The normalized spacial score (nSPS) is 18.2. The SMILES string of the molecule is O=C(c1cc(F)c(F)cc1Cl)N1CCn2nc(C(O)C3CC3)cc2C1. The van der Waals surface area contributed by atoms with E-state index < -0.39 is 23.6 Å². The van der Waals surface area contributed by atoms with Crippen LogP contribution in [0.4, 0.5) is 8.78 Å². The summed E-state index contributed by atoms with van der Waals surface area (Å²) in [4.78, 5) is 14.1. The number of hydrogen-bond acceptors (Lipinski definition) is 3. The van der Waals surface area contributed by atoms with Crippen molar-refractivity contribution in [2.45, 2.75) is 32.0 Å². The van der Waals surface area contributed by atoms with Gasteiger partial charge in [0.25, 0.3) is 5.91 Å². The topological polar surface area (TPSA) is 58.4 Å². The Morgan fingerprint density at radius 3 is 2.68 bits per heavy atom. The maximum atomic E-state index is 13.5. The second-order valence-corrected chi connectivity index (χ2v) is 6.95. The Labute approximate surface area is 147 Å². The number of halogens is 3. The summed E-state index contributed by atoms with van der Waals surface area (Å²) in [5, 5.41) is 14.5. The molecule has 0 spiro atoms. The second-order valence-electron chi connectivity index (χ2n) is 6.54. The van der Waals surface area contributed by atoms with Gasteiger partial charge in [0, 0.05) is 6.54 Å². The average molecular weight is 368 g/mol. The highest BCUT2D eigenvalue weighted by molar-refractivity contribution is 6.33. The summed E-state index contributed by atoms with van der Waals surface area (Å²) < 4.78 is 28.4. The van der Waals surface area contributed by atoms with Gasteiger partial charge in [-0.2, -0.15) is 5.10 Å². The molecule has 1 N–H and O–H groups in total. The van der Waals surface area contributed by atoms with E-state index in [1.807, 2.05) is 0 Å². The van der Waals surface area contributed by atoms with Gasteiger partial charge in [-0.3, -0.25) is 9.48 Å². The number of carbonyl (C=O) groups excluding carboxylic acids is 1. The summed E-state index contributed by atoms with van der Waals surface area (Å²) in [6.07, 6.45) is 1.44. The third-order valence-corrected chi connectivity index (χ3v) is 5.03. The fraction of sp³-hybridized carbons (Fsp3) is 0.412. The molecular weight excluding hydrogens is 352 g/mol. The molecule has 25 heavy (non-hydrogen) atoms. The zero-order chi connectivity index (χ0) is 17.7. The van der Waals surface area contributed by atoms with Gasteiger partial charge in [0.15, 0.2) is 11.6 Å². The van der Waals surface area contributed by atoms with Crippen LogP contribution in [-0.4, -0.2) is 32.2 Å². The first-order chi connectivity index (χ1) is 11.9. The minimum atomic E-state index is -1.11. The number of carbonyl (C=O) groups is 1. The van der Waals surface area contributed by atoms with E-state index in [9.17, 15) is 18.7 Å². The lowest BCUT2D eigenvalue weighted by atomic mass is 10.1. The first-order valence-corrected chi connectivity index (χ1v) is 8.50. The van der Waals surface area contributed by atoms with Crippen LogP contribution in [0.2, 0.25) is 5.02 Å². The van der Waals surface area contributed by atoms with Gasteiger partial charge in [-0.25, -0.2) is 8.78 Å². The van der Waals surface area contributed by atoms with Crippen LogP contribution in [0.25, 0.3) is 0 Å². The molecule has 2 aliphatic rings. The van der Waals surface area contributed by atoms with Gasteiger partial charge in [-0.15, -0.1) is 0 Å². The lowest BCUT2D eigenvalue weighted by molar-refractivity contribution is 0.0705. The molecule has 0 radical (unpaired) electrons. The van der Waals surface area contributed by atoms with Crippen molar-refractivity contribution in [2.75, 3.05) is 6.54 Å². The van der Waals surface area contributed by atoms with Crippen molar-refractivity contribution >= 4 is 17.5 Å². The number of rotatable bonds is 3. The van der Waals surface area contributed by atoms with Crippen molar-refractivity contribution in [2.24, 2.45) is 5.92 Å². The number of fused-ring (bicyclic) bond motifs is 1. The largest absolute Gasteiger partial charge is 0.386 e. The van der Waals surface area contributed by atoms with Crippen LogP contribution in [0.15, 0.2) is 18.2 Å². The smallest absolute Gasteiger partial charge is 0.255 e. The first kappa shape index (κ1) is 16.5. The number of benzene rings is 1. The first-order valence-electron chi connectivity index (χ1n) is 8.12. The Balaban J connectivity index is 1.55. The predicted octanol–water partition coefficient (Wildman–Crippen LogP) is 2.91. The monoisotopic (exact) mass is 367 g/mol. The fourth-order valence-electron chi connectivity index (χ4n) is 3.12. The Bertz CT molecular complexity index is 851. The van der Waals surface area contributed by atoms with Gasteiger partial charge < -0.3 is 10.0 Å². The zero-order valence-corrected chi connectivity index (χ0v) is 14.0. The molecule has 1 unspecified atom stereocenters. The van der Waals surface area contributed by atoms with Gasteiger partial charge in [-0.05, 0) is 37.0 Å². The quantitative estimate of drug-likeness (QED) is 0.849. The molecule has 4 rings (SSSR count). The number of aliphatic hydroxyl groups is 1. The van der Waals surface area contributed by atoms with Gasteiger partial charge in [0.2, 0.25) is 0 Å². The number of aromatic nitrogens is 2. The van der Waals surface area contributed by atoms with E-state index >= 15 is 0 Å². The van der Waals surface area contributed by atoms with E-state index in [1.165, 1.54) is 4.90 Å². The molecule has 0 bridgehead atoms. The molecule has 2 aromatic rings. The average Bonchev–Trinajstić information content (AvgIpc) is 3.35. The summed E-state index contributed by atoms with van der Waals surface area (Å²) in [6, 6.07) is 3.44. The minimum Gasteiger partial charge on any atom is -0.386 e. The van der Waals surface area contributed by atoms with Crippen molar-refractivity contribution < 1.29 is 18.7 Å². The van der Waals surface area contributed by atoms with Crippen molar-refractivity contribution in [3.8, 4) is 0 Å². The number of aliphatic hydroxyl groups excluding tert-OH is 1. The van der Waals surface area contributed by atoms with Crippen LogP contribution in [0.3, 0.4) is 0 Å². The van der Waals surface area contributed by atoms with Crippen LogP contribution in [0.1, 0.15) is 40.7 Å². The molecule has 1 aromatic heterocycles. The van der Waals surface area contributed by atoms with Crippen LogP contribution in [0.5, 0.6) is 0 Å². The molecule has 1 aromatic carbocycles. The highest BCUT2D eigenvalue weighted by Gasteiger charge is 2.34. The fourth-order valence-corrected chi connectivity index (χ4v) is 3.35. The molecule has 1 aliphatic heterocycles. The van der Waals surface area contributed by atoms with Crippen LogP contribution in [0, 0.1) is 17.6 Å². The Morgan fingerprint density at radius 1 is 1.24 bits per heavy atom. The molecule has 0 saturated heterocycles. The van der Waals surface area contributed by atoms with Gasteiger partial charge in [0.05, 0.1) is 35.1 Å². The standard InChI is InChI=1S/C17H16ClF2N3O2/c18-12-7-14(20)13(19)6-11(12)17(25)22-3-4-23-10(8-22)5-15(21-23)16(24)9-1-2-9/h5-7,9,16,24H,1-4,8H2. The van der Waals surface area contributed by atoms with Crippen molar-refractivity contribution in [3.63, 3.8) is 0 Å². The van der Waals surface area contributed by atoms with E-state index in [-0.39, 0.29) is 23.0 Å². The third-order valence-electron chi connectivity index (χ3n) is 4.72. The third kappa shape index (κ3) is 3.02. The van der Waals surface area contributed by atoms with E-state index in [1.54, 1.807) is 10.7 Å². The summed E-state index contributed by atoms with van der Waals surface area (Å²) in [7, 11) is 0. The van der Waals surface area contributed by atoms with E-state index in [4.69, 9.17) is 11.6 Å². The molecule has 2 heterocycles. The van der Waals surface area contributed by atoms with E-state index in [0.29, 0.717) is 18.8 Å². The maximum Gasteiger partial charge on any atom is 0.255 e. The number of amides is 1. The minimum absolute atomic E-state index is 0.0632. The van der Waals surface area contributed by atoms with E-state index in [0.717, 1.165) is 30.7 Å². The summed E-state index contributed by atoms with van der Waals surface area (Å²) in [5.74, 6) is -2.38. The predicted molar refractivity (Wildman–Crippen MR) is 86.0 cm³/mol. The molecule has 5 nitrogen and oxygen atoms in total. The van der Waals surface area contributed by atoms with Crippen LogP contribution >= 0.6 is 11.6 Å². The lowest BCUT2D eigenvalue weighted by Gasteiger charge is -2.28. The Kier molecular flexibility index (Phi) is 4.00. The maximum absolute atomic E-state index is 13.5. The highest BCUT2D eigenvalue weighted by Crippen LogP contribution is 2.40. The summed E-state index contributed by atoms with van der Waals surface area (Å²) in [6.45, 7) is 1.13. The zero-order valence-electron chi connectivity index (χ0n) is 13.3. The molecule has 1 saturated carbocycles. The summed E-state index contributed by atoms with van der Waals surface area (Å²) >= 11 is 5.90. The lowest BCUT2D eigenvalue weighted by Crippen LogP contribution is -2.38. The molecule has 1 fully saturated rings. The van der Waals surface area contributed by atoms with Crippen molar-refractivity contribution in [3.05, 3.63) is 51.8 Å². The van der Waals surface area contributed by atoms with Crippen molar-refractivity contribution in [1.29, 1.82) is 0 Å². The second kappa shape index (κ2) is 6.07. The molecule has 1 aliphatic carbocycles. The molecule has 132 valence electrons. The Hall–Kier alpha value is -1.99.